The zero-order valence-corrected chi connectivity index (χ0v) is 12.8. The summed E-state index contributed by atoms with van der Waals surface area (Å²) in [5, 5.41) is 3.84. The van der Waals surface area contributed by atoms with Gasteiger partial charge in [-0.1, -0.05) is 12.8 Å². The van der Waals surface area contributed by atoms with Crippen molar-refractivity contribution in [1.82, 2.24) is 10.3 Å². The number of nitrogens with one attached hydrogen (secondary N) is 1. The van der Waals surface area contributed by atoms with E-state index >= 15 is 0 Å². The molecule has 1 fully saturated rings. The maximum Gasteiger partial charge on any atom is 0.329 e. The number of benzene rings is 1. The highest BCUT2D eigenvalue weighted by molar-refractivity contribution is 6.35. The Labute approximate surface area is 134 Å². The van der Waals surface area contributed by atoms with Crippen LogP contribution < -0.4 is 14.9 Å². The minimum absolute atomic E-state index is 0.205. The van der Waals surface area contributed by atoms with E-state index in [9.17, 15) is 9.59 Å². The molecule has 2 heterocycles. The number of hydrogen-bond acceptors (Lipinski definition) is 5. The van der Waals surface area contributed by atoms with Crippen LogP contribution in [0, 0.1) is 0 Å². The van der Waals surface area contributed by atoms with E-state index < -0.39 is 11.8 Å². The first-order valence-corrected chi connectivity index (χ1v) is 7.76. The smallest absolute Gasteiger partial charge is 0.329 e. The summed E-state index contributed by atoms with van der Waals surface area (Å²) in [4.78, 5) is 25.5. The van der Waals surface area contributed by atoms with Crippen LogP contribution in [0.4, 0.5) is 0 Å². The summed E-state index contributed by atoms with van der Waals surface area (Å²) in [5.41, 5.74) is 3.03. The Kier molecular flexibility index (Phi) is 4.75. The van der Waals surface area contributed by atoms with Gasteiger partial charge in [-0.15, -0.1) is 0 Å². The van der Waals surface area contributed by atoms with Crippen molar-refractivity contribution in [2.45, 2.75) is 25.7 Å². The molecule has 2 aliphatic heterocycles. The summed E-state index contributed by atoms with van der Waals surface area (Å²) >= 11 is 0. The average Bonchev–Trinajstić information content (AvgIpc) is 2.86. The first-order valence-electron chi connectivity index (χ1n) is 7.76. The molecule has 1 saturated heterocycles. The van der Waals surface area contributed by atoms with Gasteiger partial charge in [0.2, 0.25) is 6.79 Å². The molecule has 0 unspecified atom stereocenters. The largest absolute Gasteiger partial charge is 0.454 e. The maximum absolute atomic E-state index is 12.1. The van der Waals surface area contributed by atoms with E-state index in [1.807, 2.05) is 0 Å². The molecule has 0 radical (unpaired) electrons. The lowest BCUT2D eigenvalue weighted by Crippen LogP contribution is -2.41. The zero-order valence-electron chi connectivity index (χ0n) is 12.8. The number of carbonyl (C=O) groups is 2. The number of amides is 2. The molecule has 0 bridgehead atoms. The van der Waals surface area contributed by atoms with Gasteiger partial charge in [0.15, 0.2) is 11.5 Å². The summed E-state index contributed by atoms with van der Waals surface area (Å²) in [6, 6.07) is 5.32. The van der Waals surface area contributed by atoms with Gasteiger partial charge in [0.05, 0.1) is 6.21 Å². The summed E-state index contributed by atoms with van der Waals surface area (Å²) in [7, 11) is 0. The van der Waals surface area contributed by atoms with Crippen LogP contribution in [-0.4, -0.2) is 42.8 Å². The fraction of sp³-hybridized carbons (Fsp3) is 0.438. The number of hydrogen-bond donors (Lipinski definition) is 1. The number of fused-ring (bicyclic) bond motifs is 1. The number of carbonyl (C=O) groups excluding carboxylic acids is 2. The van der Waals surface area contributed by atoms with E-state index in [0.717, 1.165) is 31.2 Å². The second-order valence-corrected chi connectivity index (χ2v) is 5.52. The molecule has 7 nitrogen and oxygen atoms in total. The highest BCUT2D eigenvalue weighted by Gasteiger charge is 2.22. The Bertz CT molecular complexity index is 622. The Balaban J connectivity index is 1.54. The lowest BCUT2D eigenvalue weighted by molar-refractivity contribution is -0.145. The third kappa shape index (κ3) is 3.80. The van der Waals surface area contributed by atoms with Gasteiger partial charge in [-0.3, -0.25) is 9.59 Å². The van der Waals surface area contributed by atoms with E-state index in [-0.39, 0.29) is 6.79 Å². The van der Waals surface area contributed by atoms with Crippen LogP contribution in [0.2, 0.25) is 0 Å². The number of likely N-dealkylation sites (tertiary alicyclic amines) is 1. The molecule has 0 atom stereocenters. The minimum atomic E-state index is -0.705. The molecular formula is C16H19N3O4. The Hall–Kier alpha value is -2.57. The molecule has 2 aliphatic rings. The normalized spacial score (nSPS) is 17.1. The zero-order chi connectivity index (χ0) is 16.1. The molecule has 122 valence electrons. The molecule has 7 heteroatoms. The van der Waals surface area contributed by atoms with Crippen LogP contribution in [0.3, 0.4) is 0 Å². The topological polar surface area (TPSA) is 80.2 Å². The number of rotatable bonds is 2. The molecule has 23 heavy (non-hydrogen) atoms. The molecule has 1 N–H and O–H groups in total. The second kappa shape index (κ2) is 7.13. The van der Waals surface area contributed by atoms with Crippen molar-refractivity contribution in [3.63, 3.8) is 0 Å². The van der Waals surface area contributed by atoms with Crippen LogP contribution in [0.25, 0.3) is 0 Å². The summed E-state index contributed by atoms with van der Waals surface area (Å²) in [6.45, 7) is 1.48. The standard InChI is InChI=1S/C16H19N3O4/c20-15(16(21)19-7-3-1-2-4-8-19)18-17-10-12-5-6-13-14(9-12)23-11-22-13/h5-6,9-10H,1-4,7-8,11H2,(H,18,20)/b17-10+. The van der Waals surface area contributed by atoms with Gasteiger partial charge in [0.1, 0.15) is 0 Å². The van der Waals surface area contributed by atoms with E-state index in [1.165, 1.54) is 6.21 Å². The number of ether oxygens (including phenoxy) is 2. The van der Waals surface area contributed by atoms with E-state index in [4.69, 9.17) is 9.47 Å². The number of nitrogens with zero attached hydrogens (tertiary/aromatic N) is 2. The van der Waals surface area contributed by atoms with Crippen molar-refractivity contribution < 1.29 is 19.1 Å². The fourth-order valence-corrected chi connectivity index (χ4v) is 2.62. The SMILES string of the molecule is O=C(N/N=C/c1ccc2c(c1)OCO2)C(=O)N1CCCCCC1. The average molecular weight is 317 g/mol. The van der Waals surface area contributed by atoms with Crippen molar-refractivity contribution in [1.29, 1.82) is 0 Å². The molecule has 0 aliphatic carbocycles. The lowest BCUT2D eigenvalue weighted by atomic mass is 10.2. The first-order chi connectivity index (χ1) is 11.2. The highest BCUT2D eigenvalue weighted by atomic mass is 16.7. The van der Waals surface area contributed by atoms with Crippen molar-refractivity contribution >= 4 is 18.0 Å². The van der Waals surface area contributed by atoms with Crippen molar-refractivity contribution in [3.05, 3.63) is 23.8 Å². The van der Waals surface area contributed by atoms with Crippen LogP contribution in [0.5, 0.6) is 11.5 Å². The fourth-order valence-electron chi connectivity index (χ4n) is 2.62. The van der Waals surface area contributed by atoms with Gasteiger partial charge < -0.3 is 14.4 Å². The van der Waals surface area contributed by atoms with Gasteiger partial charge in [-0.25, -0.2) is 5.43 Å². The third-order valence-corrected chi connectivity index (χ3v) is 3.86. The van der Waals surface area contributed by atoms with Gasteiger partial charge in [0.25, 0.3) is 0 Å². The summed E-state index contributed by atoms with van der Waals surface area (Å²) in [6.07, 6.45) is 5.57. The summed E-state index contributed by atoms with van der Waals surface area (Å²) < 4.78 is 10.5. The Morgan fingerprint density at radius 1 is 1.09 bits per heavy atom. The molecule has 1 aromatic carbocycles. The van der Waals surface area contributed by atoms with Crippen molar-refractivity contribution in [2.75, 3.05) is 19.9 Å². The lowest BCUT2D eigenvalue weighted by Gasteiger charge is -2.18. The molecule has 2 amide bonds. The number of hydrazone groups is 1. The second-order valence-electron chi connectivity index (χ2n) is 5.52. The van der Waals surface area contributed by atoms with Crippen LogP contribution >= 0.6 is 0 Å². The van der Waals surface area contributed by atoms with Crippen molar-refractivity contribution in [3.8, 4) is 11.5 Å². The molecule has 3 rings (SSSR count). The molecule has 0 aromatic heterocycles. The maximum atomic E-state index is 12.1. The quantitative estimate of drug-likeness (QED) is 0.506. The van der Waals surface area contributed by atoms with E-state index in [1.54, 1.807) is 23.1 Å². The Morgan fingerprint density at radius 2 is 1.83 bits per heavy atom. The molecule has 0 saturated carbocycles. The minimum Gasteiger partial charge on any atom is -0.454 e. The van der Waals surface area contributed by atoms with Crippen LogP contribution in [0.15, 0.2) is 23.3 Å². The van der Waals surface area contributed by atoms with Gasteiger partial charge >= 0.3 is 11.8 Å². The first kappa shape index (κ1) is 15.3. The molecule has 0 spiro atoms. The van der Waals surface area contributed by atoms with Crippen LogP contribution in [0.1, 0.15) is 31.2 Å². The van der Waals surface area contributed by atoms with Gasteiger partial charge in [-0.05, 0) is 36.6 Å². The Morgan fingerprint density at radius 3 is 2.61 bits per heavy atom. The summed E-state index contributed by atoms with van der Waals surface area (Å²) in [5.74, 6) is 0.0991. The van der Waals surface area contributed by atoms with Gasteiger partial charge in [-0.2, -0.15) is 5.10 Å². The molecular weight excluding hydrogens is 298 g/mol. The predicted octanol–water partition coefficient (Wildman–Crippen LogP) is 1.27. The molecule has 1 aromatic rings. The van der Waals surface area contributed by atoms with Crippen molar-refractivity contribution in [2.24, 2.45) is 5.10 Å². The monoisotopic (exact) mass is 317 g/mol. The van der Waals surface area contributed by atoms with E-state index in [2.05, 4.69) is 10.5 Å². The highest BCUT2D eigenvalue weighted by Crippen LogP contribution is 2.31. The van der Waals surface area contributed by atoms with Gasteiger partial charge in [0, 0.05) is 13.1 Å². The van der Waals surface area contributed by atoms with E-state index in [0.29, 0.717) is 24.6 Å². The predicted molar refractivity (Wildman–Crippen MR) is 83.3 cm³/mol. The van der Waals surface area contributed by atoms with Crippen LogP contribution in [-0.2, 0) is 9.59 Å². The third-order valence-electron chi connectivity index (χ3n) is 3.86.